The van der Waals surface area contributed by atoms with E-state index in [0.29, 0.717) is 143 Å². The zero-order valence-corrected chi connectivity index (χ0v) is 49.5. The van der Waals surface area contributed by atoms with Crippen LogP contribution in [-0.2, 0) is 27.4 Å². The van der Waals surface area contributed by atoms with Gasteiger partial charge in [0.2, 0.25) is 0 Å². The smallest absolute Gasteiger partial charge is 0.255 e. The van der Waals surface area contributed by atoms with Crippen LogP contribution >= 0.6 is 0 Å². The summed E-state index contributed by atoms with van der Waals surface area (Å²) in [5.41, 5.74) is 12.2. The van der Waals surface area contributed by atoms with Crippen molar-refractivity contribution >= 4 is 35.4 Å². The molecule has 0 unspecified atom stereocenters. The zero-order chi connectivity index (χ0) is 60.1. The first-order valence-corrected chi connectivity index (χ1v) is 29.0. The van der Waals surface area contributed by atoms with Crippen LogP contribution in [0.15, 0.2) is 97.1 Å². The predicted molar refractivity (Wildman–Crippen MR) is 323 cm³/mol. The average molecular weight is 1160 g/mol. The van der Waals surface area contributed by atoms with Crippen molar-refractivity contribution in [1.29, 1.82) is 0 Å². The van der Waals surface area contributed by atoms with Crippen molar-refractivity contribution in [2.24, 2.45) is 5.73 Å². The Morgan fingerprint density at radius 3 is 1.26 bits per heavy atom. The predicted octanol–water partition coefficient (Wildman–Crippen LogP) is 5.28. The number of methoxy groups -OCH3 is 1. The van der Waals surface area contributed by atoms with E-state index in [1.165, 1.54) is 0 Å². The number of carbonyl (C=O) groups excluding carboxylic acids is 6. The molecule has 6 amide bonds. The van der Waals surface area contributed by atoms with Crippen LogP contribution in [0.5, 0.6) is 11.5 Å². The molecule has 5 aromatic carbocycles. The van der Waals surface area contributed by atoms with Crippen LogP contribution in [0.25, 0.3) is 0 Å². The molecule has 0 saturated heterocycles. The molecule has 5 aromatic rings. The molecule has 4 heterocycles. The van der Waals surface area contributed by atoms with Crippen molar-refractivity contribution in [3.8, 4) is 11.5 Å². The Bertz CT molecular complexity index is 2850. The number of rotatable bonds is 25. The fourth-order valence-corrected chi connectivity index (χ4v) is 9.48. The number of nitrogens with one attached hydrogen (secondary N) is 6. The first kappa shape index (κ1) is 65.4. The largest absolute Gasteiger partial charge is 0.484 e. The highest BCUT2D eigenvalue weighted by Gasteiger charge is 2.26. The molecule has 4 aliphatic heterocycles. The lowest BCUT2D eigenvalue weighted by Crippen LogP contribution is -2.43. The topological polar surface area (TPSA) is 253 Å². The Labute approximate surface area is 494 Å². The minimum Gasteiger partial charge on any atom is -0.484 e. The third-order valence-electron chi connectivity index (χ3n) is 14.7. The van der Waals surface area contributed by atoms with Crippen LogP contribution < -0.4 is 47.1 Å². The van der Waals surface area contributed by atoms with Crippen LogP contribution in [0.4, 0.5) is 0 Å². The molecular weight excluding hydrogens is 1070 g/mol. The van der Waals surface area contributed by atoms with Gasteiger partial charge in [0, 0.05) is 108 Å². The Morgan fingerprint density at radius 2 is 0.857 bits per heavy atom. The van der Waals surface area contributed by atoms with Gasteiger partial charge < -0.3 is 61.3 Å². The average Bonchev–Trinajstić information content (AvgIpc) is 3.55. The molecule has 0 spiro atoms. The second-order valence-electron chi connectivity index (χ2n) is 20.5. The van der Waals surface area contributed by atoms with Gasteiger partial charge in [-0.15, -0.1) is 0 Å². The van der Waals surface area contributed by atoms with E-state index >= 15 is 0 Å². The van der Waals surface area contributed by atoms with Crippen molar-refractivity contribution in [3.05, 3.63) is 164 Å². The van der Waals surface area contributed by atoms with E-state index in [4.69, 9.17) is 29.4 Å². The maximum Gasteiger partial charge on any atom is 0.255 e. The molecule has 0 aromatic heterocycles. The van der Waals surface area contributed by atoms with Gasteiger partial charge in [-0.25, -0.2) is 0 Å². The van der Waals surface area contributed by atoms with E-state index in [1.54, 1.807) is 43.5 Å². The van der Waals surface area contributed by atoms with E-state index in [9.17, 15) is 28.8 Å². The summed E-state index contributed by atoms with van der Waals surface area (Å²) < 4.78 is 29.3. The number of nitrogens with two attached hydrogens (primary N) is 1. The Hall–Kier alpha value is -7.72. The van der Waals surface area contributed by atoms with Crippen molar-refractivity contribution in [1.82, 2.24) is 41.7 Å². The van der Waals surface area contributed by atoms with Crippen molar-refractivity contribution in [2.75, 3.05) is 125 Å². The third kappa shape index (κ3) is 20.3. The molecule has 0 radical (unpaired) electrons. The van der Waals surface area contributed by atoms with E-state index in [2.05, 4.69) is 36.8 Å². The number of benzene rings is 5. The first-order chi connectivity index (χ1) is 40.8. The Morgan fingerprint density at radius 1 is 0.476 bits per heavy atom. The molecule has 4 bridgehead atoms. The summed E-state index contributed by atoms with van der Waals surface area (Å²) in [6.07, 6.45) is 2.45. The quantitative estimate of drug-likeness (QED) is 0.0367. The van der Waals surface area contributed by atoms with E-state index < -0.39 is 5.91 Å². The van der Waals surface area contributed by atoms with E-state index in [1.807, 2.05) is 93.3 Å². The van der Waals surface area contributed by atoms with Gasteiger partial charge in [-0.1, -0.05) is 67.1 Å². The molecule has 8 N–H and O–H groups in total. The van der Waals surface area contributed by atoms with Crippen LogP contribution in [0, 0.1) is 27.7 Å². The second-order valence-corrected chi connectivity index (χ2v) is 20.5. The number of nitrogens with zero attached hydrogens (tertiary/aromatic N) is 2. The number of hydrogen-bond donors (Lipinski definition) is 7. The second kappa shape index (κ2) is 35.4. The molecule has 0 aliphatic carbocycles. The summed E-state index contributed by atoms with van der Waals surface area (Å²) in [5.74, 6) is -1.79. The molecule has 0 atom stereocenters. The maximum atomic E-state index is 14.4. The number of amides is 6. The summed E-state index contributed by atoms with van der Waals surface area (Å²) in [4.78, 5) is 87.4. The highest BCUT2D eigenvalue weighted by molar-refractivity contribution is 6.04. The summed E-state index contributed by atoms with van der Waals surface area (Å²) in [5, 5.41) is 18.2. The molecule has 9 rings (SSSR count). The minimum atomic E-state index is -0.472. The van der Waals surface area contributed by atoms with Gasteiger partial charge in [0.25, 0.3) is 35.4 Å². The molecule has 0 saturated carbocycles. The molecule has 84 heavy (non-hydrogen) atoms. The third-order valence-corrected chi connectivity index (χ3v) is 14.7. The monoisotopic (exact) mass is 1160 g/mol. The van der Waals surface area contributed by atoms with Crippen LogP contribution in [0.3, 0.4) is 0 Å². The Balaban J connectivity index is 1.20. The van der Waals surface area contributed by atoms with Crippen LogP contribution in [0.1, 0.15) is 115 Å². The van der Waals surface area contributed by atoms with Crippen molar-refractivity contribution in [3.63, 3.8) is 0 Å². The molecule has 0 fully saturated rings. The van der Waals surface area contributed by atoms with Gasteiger partial charge in [-0.05, 0) is 117 Å². The normalized spacial score (nSPS) is 14.3. The van der Waals surface area contributed by atoms with Gasteiger partial charge in [0.15, 0.2) is 11.5 Å². The lowest BCUT2D eigenvalue weighted by Gasteiger charge is -2.24. The lowest BCUT2D eigenvalue weighted by molar-refractivity contribution is 0.0196. The summed E-state index contributed by atoms with van der Waals surface area (Å²) in [6.45, 7) is 14.3. The van der Waals surface area contributed by atoms with Gasteiger partial charge >= 0.3 is 0 Å². The molecular formula is C64H85N9O11. The highest BCUT2D eigenvalue weighted by atomic mass is 16.5. The van der Waals surface area contributed by atoms with Gasteiger partial charge in [-0.2, -0.15) is 0 Å². The molecule has 20 nitrogen and oxygen atoms in total. The zero-order valence-electron chi connectivity index (χ0n) is 49.5. The first-order valence-electron chi connectivity index (χ1n) is 29.0. The van der Waals surface area contributed by atoms with Crippen molar-refractivity contribution < 1.29 is 52.5 Å². The summed E-state index contributed by atoms with van der Waals surface area (Å²) in [7, 11) is 1.62. The van der Waals surface area contributed by atoms with E-state index in [-0.39, 0.29) is 85.0 Å². The number of unbranched alkanes of at least 4 members (excludes halogenated alkanes) is 2. The van der Waals surface area contributed by atoms with E-state index in [0.717, 1.165) is 30.4 Å². The SMILES string of the molecule is COCCOCCOCCN1CCNC(=O)c2ccc(c(C)c2C)C(=O)NCCN(CCNC(=O)c2ccc(C(=O)NCCCCCN)c(OCc3ccccc3)c2OCc2ccccc2)CCNC(=O)c2ccc(c(C)c2C)C(=O)NCC1. The number of ether oxygens (including phenoxy) is 5. The highest BCUT2D eigenvalue weighted by Crippen LogP contribution is 2.37. The lowest BCUT2D eigenvalue weighted by atomic mass is 9.97. The van der Waals surface area contributed by atoms with Gasteiger partial charge in [0.05, 0.1) is 44.2 Å². The fraction of sp³-hybridized carbons (Fsp3) is 0.438. The van der Waals surface area contributed by atoms with Gasteiger partial charge in [-0.3, -0.25) is 38.6 Å². The van der Waals surface area contributed by atoms with Crippen LogP contribution in [-0.4, -0.2) is 170 Å². The Kier molecular flexibility index (Phi) is 27.6. The summed E-state index contributed by atoms with van der Waals surface area (Å²) >= 11 is 0. The minimum absolute atomic E-state index is 0.0832. The fourth-order valence-electron chi connectivity index (χ4n) is 9.48. The van der Waals surface area contributed by atoms with Gasteiger partial charge in [0.1, 0.15) is 13.2 Å². The summed E-state index contributed by atoms with van der Waals surface area (Å²) in [6, 6.07) is 28.7. The molecule has 4 aliphatic rings. The standard InChI is InChI=1S/C64H85N9O11/c1-45-47(3)53-21-19-51(45)59(74)67-27-32-72(33-28-68-60(75)52-20-22-54(48(4)46(52)2)62(77)70-31-36-73(35-30-69-61(53)76)37-38-81-41-42-82-40-39-80-5)34-29-71-64(79)56-24-23-55(63(78)66-26-14-8-13-25-65)57(83-43-49-15-9-6-10-16-49)58(56)84-44-50-17-11-7-12-18-50/h6-7,9-12,15-24H,8,13-14,25-44,65H2,1-5H3,(H,66,78)(H,67,74)(H,68,75)(H,69,76)(H,70,77)(H,71,79). The molecule has 452 valence electrons. The van der Waals surface area contributed by atoms with Crippen molar-refractivity contribution in [2.45, 2.75) is 60.2 Å². The maximum absolute atomic E-state index is 14.4. The van der Waals surface area contributed by atoms with Crippen LogP contribution in [0.2, 0.25) is 0 Å². The number of carbonyl (C=O) groups is 6. The molecule has 20 heteroatoms. The number of hydrogen-bond acceptors (Lipinski definition) is 14.